The summed E-state index contributed by atoms with van der Waals surface area (Å²) < 4.78 is 41.6. The van der Waals surface area contributed by atoms with Gasteiger partial charge < -0.3 is 4.74 Å². The Morgan fingerprint density at radius 3 is 1.66 bits per heavy atom. The van der Waals surface area contributed by atoms with Gasteiger partial charge in [0.15, 0.2) is 0 Å². The molecule has 0 bridgehead atoms. The van der Waals surface area contributed by atoms with E-state index in [4.69, 9.17) is 13.5 Å². The van der Waals surface area contributed by atoms with Gasteiger partial charge in [0, 0.05) is 6.42 Å². The Bertz CT molecular complexity index is 576. The molecule has 1 N–H and O–H groups in total. The van der Waals surface area contributed by atoms with Gasteiger partial charge >= 0.3 is 16.4 Å². The molecule has 0 amide bonds. The van der Waals surface area contributed by atoms with Crippen molar-refractivity contribution in [2.75, 3.05) is 6.61 Å². The van der Waals surface area contributed by atoms with Gasteiger partial charge in [-0.25, -0.2) is 4.18 Å². The summed E-state index contributed by atoms with van der Waals surface area (Å²) in [4.78, 5) is 11.8. The summed E-state index contributed by atoms with van der Waals surface area (Å²) in [5.74, 6) is 0.688. The van der Waals surface area contributed by atoms with Crippen LogP contribution in [0.2, 0.25) is 0 Å². The molecule has 0 rings (SSSR count). The van der Waals surface area contributed by atoms with Crippen LogP contribution in [-0.4, -0.2) is 31.7 Å². The van der Waals surface area contributed by atoms with Crippen LogP contribution in [0.25, 0.3) is 0 Å². The van der Waals surface area contributed by atoms with Gasteiger partial charge in [-0.15, -0.1) is 0 Å². The lowest BCUT2D eigenvalue weighted by Crippen LogP contribution is -2.18. The third-order valence-corrected chi connectivity index (χ3v) is 7.00. The van der Waals surface area contributed by atoms with Crippen molar-refractivity contribution in [2.24, 2.45) is 5.92 Å². The van der Waals surface area contributed by atoms with Gasteiger partial charge in [-0.2, -0.15) is 8.42 Å². The monoisotopic (exact) mass is 520 g/mol. The lowest BCUT2D eigenvalue weighted by Gasteiger charge is -2.15. The molecule has 1 atom stereocenters. The van der Waals surface area contributed by atoms with Gasteiger partial charge in [0.1, 0.15) is 0 Å². The number of ether oxygens (including phenoxy) is 1. The normalized spacial score (nSPS) is 12.8. The van der Waals surface area contributed by atoms with Crippen molar-refractivity contribution in [3.63, 3.8) is 0 Å². The molecule has 0 saturated heterocycles. The van der Waals surface area contributed by atoms with Crippen LogP contribution in [0.1, 0.15) is 156 Å². The number of hydrogen-bond donors (Lipinski definition) is 1. The molecule has 1 unspecified atom stereocenters. The molecule has 210 valence electrons. The largest absolute Gasteiger partial charge is 0.466 e. The number of unbranched alkanes of at least 4 members (excludes halogenated alkanes) is 14. The molecule has 0 aliphatic rings. The molecule has 0 aliphatic heterocycles. The molecule has 0 aromatic carbocycles. The van der Waals surface area contributed by atoms with Gasteiger partial charge in [-0.3, -0.25) is 9.35 Å². The first kappa shape index (κ1) is 34.3. The fourth-order valence-electron chi connectivity index (χ4n) is 4.36. The van der Waals surface area contributed by atoms with Crippen LogP contribution < -0.4 is 0 Å². The SMILES string of the molecule is CCCCCCCCCC(CCCCCCCC(=O)OCCCCCCCC(C)C)OS(=O)(=O)O. The quantitative estimate of drug-likeness (QED) is 0.0697. The number of carbonyl (C=O) groups is 1. The predicted octanol–water partition coefficient (Wildman–Crippen LogP) is 8.59. The molecule has 0 aromatic rings. The smallest absolute Gasteiger partial charge is 0.397 e. The Balaban J connectivity index is 3.71. The van der Waals surface area contributed by atoms with E-state index in [1.54, 1.807) is 0 Å². The highest BCUT2D eigenvalue weighted by Gasteiger charge is 2.16. The average molecular weight is 521 g/mol. The summed E-state index contributed by atoms with van der Waals surface area (Å²) in [6.07, 6.45) is 21.3. The molecule has 0 heterocycles. The van der Waals surface area contributed by atoms with Crippen LogP contribution in [0.15, 0.2) is 0 Å². The number of rotatable bonds is 26. The third-order valence-electron chi connectivity index (χ3n) is 6.48. The maximum atomic E-state index is 11.8. The Morgan fingerprint density at radius 1 is 0.686 bits per heavy atom. The average Bonchev–Trinajstić information content (AvgIpc) is 2.78. The zero-order valence-corrected chi connectivity index (χ0v) is 23.9. The first-order valence-electron chi connectivity index (χ1n) is 14.6. The van der Waals surface area contributed by atoms with E-state index in [1.165, 1.54) is 57.8 Å². The maximum Gasteiger partial charge on any atom is 0.397 e. The lowest BCUT2D eigenvalue weighted by atomic mass is 10.0. The van der Waals surface area contributed by atoms with E-state index in [0.717, 1.165) is 63.7 Å². The number of carbonyl (C=O) groups excluding carboxylic acids is 1. The molecule has 6 nitrogen and oxygen atoms in total. The van der Waals surface area contributed by atoms with Crippen LogP contribution in [-0.2, 0) is 24.1 Å². The molecule has 0 fully saturated rings. The zero-order valence-electron chi connectivity index (χ0n) is 23.1. The minimum Gasteiger partial charge on any atom is -0.466 e. The first-order chi connectivity index (χ1) is 16.7. The summed E-state index contributed by atoms with van der Waals surface area (Å²) in [6, 6.07) is 0. The first-order valence-corrected chi connectivity index (χ1v) is 15.9. The summed E-state index contributed by atoms with van der Waals surface area (Å²) in [5, 5.41) is 0. The Kier molecular flexibility index (Phi) is 23.3. The fourth-order valence-corrected chi connectivity index (χ4v) is 4.89. The molecule has 7 heteroatoms. The van der Waals surface area contributed by atoms with Crippen molar-refractivity contribution in [3.8, 4) is 0 Å². The molecular formula is C28H56O6S. The topological polar surface area (TPSA) is 89.9 Å². The highest BCUT2D eigenvalue weighted by Crippen LogP contribution is 2.18. The van der Waals surface area contributed by atoms with Gasteiger partial charge in [0.25, 0.3) is 0 Å². The van der Waals surface area contributed by atoms with Gasteiger partial charge in [-0.05, 0) is 31.6 Å². The van der Waals surface area contributed by atoms with E-state index >= 15 is 0 Å². The van der Waals surface area contributed by atoms with Gasteiger partial charge in [0.05, 0.1) is 12.7 Å². The fraction of sp³-hybridized carbons (Fsp3) is 0.964. The molecule has 0 aliphatic carbocycles. The summed E-state index contributed by atoms with van der Waals surface area (Å²) in [6.45, 7) is 7.26. The van der Waals surface area contributed by atoms with Gasteiger partial charge in [-0.1, -0.05) is 124 Å². The molecular weight excluding hydrogens is 464 g/mol. The summed E-state index contributed by atoms with van der Waals surface area (Å²) in [7, 11) is -4.41. The van der Waals surface area contributed by atoms with E-state index in [1.807, 2.05) is 0 Å². The van der Waals surface area contributed by atoms with Crippen LogP contribution in [0.4, 0.5) is 0 Å². The van der Waals surface area contributed by atoms with E-state index in [2.05, 4.69) is 20.8 Å². The van der Waals surface area contributed by atoms with E-state index in [-0.39, 0.29) is 5.97 Å². The minimum atomic E-state index is -4.41. The second-order valence-corrected chi connectivity index (χ2v) is 11.6. The molecule has 35 heavy (non-hydrogen) atoms. The second kappa shape index (κ2) is 23.7. The molecule has 0 aromatic heterocycles. The molecule has 0 saturated carbocycles. The van der Waals surface area contributed by atoms with Crippen molar-refractivity contribution in [1.82, 2.24) is 0 Å². The second-order valence-electron chi connectivity index (χ2n) is 10.5. The maximum absolute atomic E-state index is 11.8. The van der Waals surface area contributed by atoms with E-state index in [9.17, 15) is 13.2 Å². The number of hydrogen-bond acceptors (Lipinski definition) is 5. The third kappa shape index (κ3) is 27.8. The van der Waals surface area contributed by atoms with Gasteiger partial charge in [0.2, 0.25) is 0 Å². The number of esters is 1. The van der Waals surface area contributed by atoms with Crippen molar-refractivity contribution < 1.29 is 26.7 Å². The van der Waals surface area contributed by atoms with E-state index in [0.29, 0.717) is 25.9 Å². The molecule has 0 spiro atoms. The highest BCUT2D eigenvalue weighted by molar-refractivity contribution is 7.80. The summed E-state index contributed by atoms with van der Waals surface area (Å²) >= 11 is 0. The van der Waals surface area contributed by atoms with Crippen LogP contribution in [0.5, 0.6) is 0 Å². The summed E-state index contributed by atoms with van der Waals surface area (Å²) in [5.41, 5.74) is 0. The van der Waals surface area contributed by atoms with Crippen molar-refractivity contribution in [3.05, 3.63) is 0 Å². The molecule has 0 radical (unpaired) electrons. The zero-order chi connectivity index (χ0) is 26.2. The van der Waals surface area contributed by atoms with Crippen molar-refractivity contribution in [1.29, 1.82) is 0 Å². The highest BCUT2D eigenvalue weighted by atomic mass is 32.3. The Morgan fingerprint density at radius 2 is 1.14 bits per heavy atom. The van der Waals surface area contributed by atoms with Crippen molar-refractivity contribution >= 4 is 16.4 Å². The Labute approximate surface area is 217 Å². The Hall–Kier alpha value is -0.660. The van der Waals surface area contributed by atoms with Crippen LogP contribution >= 0.6 is 0 Å². The standard InChI is InChI=1S/C28H56O6S/c1-4-5-6-7-8-12-17-22-27(34-35(30,31)32)23-18-13-9-14-19-24-28(29)33-25-20-15-10-11-16-21-26(2)3/h26-27H,4-25H2,1-3H3,(H,30,31,32). The minimum absolute atomic E-state index is 0.0962. The van der Waals surface area contributed by atoms with E-state index < -0.39 is 16.5 Å². The predicted molar refractivity (Wildman–Crippen MR) is 145 cm³/mol. The lowest BCUT2D eigenvalue weighted by molar-refractivity contribution is -0.143. The van der Waals surface area contributed by atoms with Crippen LogP contribution in [0.3, 0.4) is 0 Å². The van der Waals surface area contributed by atoms with Crippen LogP contribution in [0, 0.1) is 5.92 Å². The van der Waals surface area contributed by atoms with Crippen molar-refractivity contribution in [2.45, 2.75) is 162 Å².